The van der Waals surface area contributed by atoms with E-state index in [4.69, 9.17) is 5.26 Å². The second-order valence-corrected chi connectivity index (χ2v) is 5.99. The average Bonchev–Trinajstić information content (AvgIpc) is 2.97. The molecule has 0 bridgehead atoms. The van der Waals surface area contributed by atoms with Gasteiger partial charge < -0.3 is 5.32 Å². The third-order valence-corrected chi connectivity index (χ3v) is 4.72. The maximum Gasteiger partial charge on any atom is 0.228 e. The SMILES string of the molecule is N#Cc1cccc(CNC(=O)C2CSc3ccccc32)c1. The van der Waals surface area contributed by atoms with Crippen LogP contribution < -0.4 is 5.32 Å². The van der Waals surface area contributed by atoms with E-state index in [1.54, 1.807) is 23.9 Å². The smallest absolute Gasteiger partial charge is 0.228 e. The van der Waals surface area contributed by atoms with Crippen LogP contribution in [0.15, 0.2) is 53.4 Å². The molecule has 1 atom stereocenters. The van der Waals surface area contributed by atoms with Crippen LogP contribution in [0, 0.1) is 11.3 Å². The highest BCUT2D eigenvalue weighted by atomic mass is 32.2. The number of carbonyl (C=O) groups is 1. The average molecular weight is 294 g/mol. The van der Waals surface area contributed by atoms with Gasteiger partial charge in [0.2, 0.25) is 5.91 Å². The second kappa shape index (κ2) is 6.02. The van der Waals surface area contributed by atoms with Crippen LogP contribution in [0.1, 0.15) is 22.6 Å². The highest BCUT2D eigenvalue weighted by Gasteiger charge is 2.28. The lowest BCUT2D eigenvalue weighted by molar-refractivity contribution is -0.122. The first-order valence-corrected chi connectivity index (χ1v) is 7.75. The minimum absolute atomic E-state index is 0.0508. The fourth-order valence-electron chi connectivity index (χ4n) is 2.44. The van der Waals surface area contributed by atoms with Crippen molar-refractivity contribution in [3.8, 4) is 6.07 Å². The Morgan fingerprint density at radius 3 is 3.00 bits per heavy atom. The van der Waals surface area contributed by atoms with Gasteiger partial charge in [-0.25, -0.2) is 0 Å². The van der Waals surface area contributed by atoms with Crippen molar-refractivity contribution in [2.45, 2.75) is 17.4 Å². The van der Waals surface area contributed by atoms with Gasteiger partial charge in [-0.1, -0.05) is 30.3 Å². The van der Waals surface area contributed by atoms with Gasteiger partial charge in [0.05, 0.1) is 17.6 Å². The molecule has 0 aliphatic carbocycles. The van der Waals surface area contributed by atoms with E-state index in [1.165, 1.54) is 4.90 Å². The molecule has 2 aromatic rings. The van der Waals surface area contributed by atoms with Gasteiger partial charge in [-0.15, -0.1) is 11.8 Å². The number of hydrogen-bond acceptors (Lipinski definition) is 3. The third-order valence-electron chi connectivity index (χ3n) is 3.54. The van der Waals surface area contributed by atoms with Gasteiger partial charge in [0, 0.05) is 17.2 Å². The number of rotatable bonds is 3. The Morgan fingerprint density at radius 2 is 2.14 bits per heavy atom. The second-order valence-electron chi connectivity index (χ2n) is 4.93. The van der Waals surface area contributed by atoms with E-state index in [0.29, 0.717) is 12.1 Å². The number of fused-ring (bicyclic) bond motifs is 1. The number of hydrogen-bond donors (Lipinski definition) is 1. The van der Waals surface area contributed by atoms with Gasteiger partial charge in [0.1, 0.15) is 0 Å². The quantitative estimate of drug-likeness (QED) is 0.946. The molecule has 0 saturated carbocycles. The summed E-state index contributed by atoms with van der Waals surface area (Å²) >= 11 is 1.73. The molecule has 1 aliphatic rings. The summed E-state index contributed by atoms with van der Waals surface area (Å²) in [6.07, 6.45) is 0. The molecule has 0 fully saturated rings. The van der Waals surface area contributed by atoms with Crippen molar-refractivity contribution >= 4 is 17.7 Å². The van der Waals surface area contributed by atoms with Crippen LogP contribution in [0.3, 0.4) is 0 Å². The number of nitriles is 1. The zero-order chi connectivity index (χ0) is 14.7. The zero-order valence-electron chi connectivity index (χ0n) is 11.4. The highest BCUT2D eigenvalue weighted by molar-refractivity contribution is 7.99. The van der Waals surface area contributed by atoms with Crippen LogP contribution in [-0.2, 0) is 11.3 Å². The molecular weight excluding hydrogens is 280 g/mol. The minimum Gasteiger partial charge on any atom is -0.351 e. The summed E-state index contributed by atoms with van der Waals surface area (Å²) in [5.41, 5.74) is 2.68. The van der Waals surface area contributed by atoms with Gasteiger partial charge in [0.15, 0.2) is 0 Å². The molecule has 1 heterocycles. The maximum absolute atomic E-state index is 12.3. The molecule has 0 saturated heterocycles. The molecule has 4 heteroatoms. The number of thioether (sulfide) groups is 1. The Balaban J connectivity index is 1.67. The van der Waals surface area contributed by atoms with Crippen LogP contribution in [0.5, 0.6) is 0 Å². The summed E-state index contributed by atoms with van der Waals surface area (Å²) in [5.74, 6) is 0.767. The van der Waals surface area contributed by atoms with Crippen LogP contribution in [0.4, 0.5) is 0 Å². The van der Waals surface area contributed by atoms with E-state index in [1.807, 2.05) is 30.3 Å². The summed E-state index contributed by atoms with van der Waals surface area (Å²) in [6, 6.07) is 17.5. The van der Waals surface area contributed by atoms with Crippen molar-refractivity contribution in [2.24, 2.45) is 0 Å². The number of nitrogens with zero attached hydrogens (tertiary/aromatic N) is 1. The lowest BCUT2D eigenvalue weighted by Crippen LogP contribution is -2.29. The van der Waals surface area contributed by atoms with Gasteiger partial charge in [0.25, 0.3) is 0 Å². The summed E-state index contributed by atoms with van der Waals surface area (Å²) in [4.78, 5) is 13.5. The number of amides is 1. The fourth-order valence-corrected chi connectivity index (χ4v) is 3.67. The molecule has 3 nitrogen and oxygen atoms in total. The van der Waals surface area contributed by atoms with E-state index in [2.05, 4.69) is 17.5 Å². The van der Waals surface area contributed by atoms with E-state index < -0.39 is 0 Å². The largest absolute Gasteiger partial charge is 0.351 e. The molecular formula is C17H14N2OS. The van der Waals surface area contributed by atoms with E-state index in [9.17, 15) is 4.79 Å². The van der Waals surface area contributed by atoms with E-state index >= 15 is 0 Å². The third kappa shape index (κ3) is 2.93. The molecule has 1 aliphatic heterocycles. The molecule has 1 amide bonds. The first-order chi connectivity index (χ1) is 10.3. The standard InChI is InChI=1S/C17H14N2OS/c18-9-12-4-3-5-13(8-12)10-19-17(20)15-11-21-16-7-2-1-6-14(15)16/h1-8,15H,10-11H2,(H,19,20). The minimum atomic E-state index is -0.0784. The topological polar surface area (TPSA) is 52.9 Å². The van der Waals surface area contributed by atoms with Crippen molar-refractivity contribution in [3.63, 3.8) is 0 Å². The Bertz CT molecular complexity index is 721. The maximum atomic E-state index is 12.3. The molecule has 104 valence electrons. The van der Waals surface area contributed by atoms with Crippen molar-refractivity contribution in [1.82, 2.24) is 5.32 Å². The van der Waals surface area contributed by atoms with Crippen molar-refractivity contribution < 1.29 is 4.79 Å². The lowest BCUT2D eigenvalue weighted by Gasteiger charge is -2.11. The lowest BCUT2D eigenvalue weighted by atomic mass is 10.0. The highest BCUT2D eigenvalue weighted by Crippen LogP contribution is 2.39. The van der Waals surface area contributed by atoms with Crippen molar-refractivity contribution in [3.05, 3.63) is 65.2 Å². The number of carbonyl (C=O) groups excluding carboxylic acids is 1. The molecule has 0 radical (unpaired) electrons. The number of benzene rings is 2. The van der Waals surface area contributed by atoms with E-state index in [-0.39, 0.29) is 11.8 Å². The molecule has 3 rings (SSSR count). The Labute approximate surface area is 128 Å². The van der Waals surface area contributed by atoms with Crippen LogP contribution >= 0.6 is 11.8 Å². The van der Waals surface area contributed by atoms with E-state index in [0.717, 1.165) is 16.9 Å². The van der Waals surface area contributed by atoms with Crippen LogP contribution in [-0.4, -0.2) is 11.7 Å². The molecule has 2 aromatic carbocycles. The first kappa shape index (κ1) is 13.7. The van der Waals surface area contributed by atoms with Gasteiger partial charge >= 0.3 is 0 Å². The van der Waals surface area contributed by atoms with Gasteiger partial charge in [-0.3, -0.25) is 4.79 Å². The first-order valence-electron chi connectivity index (χ1n) is 6.76. The normalized spacial score (nSPS) is 16.0. The molecule has 21 heavy (non-hydrogen) atoms. The summed E-state index contributed by atoms with van der Waals surface area (Å²) in [5, 5.41) is 11.9. The Kier molecular flexibility index (Phi) is 3.94. The molecule has 0 aromatic heterocycles. The summed E-state index contributed by atoms with van der Waals surface area (Å²) in [6.45, 7) is 0.456. The molecule has 1 N–H and O–H groups in total. The molecule has 0 spiro atoms. The zero-order valence-corrected chi connectivity index (χ0v) is 12.2. The predicted octanol–water partition coefficient (Wildman–Crippen LogP) is 3.06. The van der Waals surface area contributed by atoms with Gasteiger partial charge in [-0.05, 0) is 29.3 Å². The monoisotopic (exact) mass is 294 g/mol. The molecule has 1 unspecified atom stereocenters. The van der Waals surface area contributed by atoms with Crippen LogP contribution in [0.2, 0.25) is 0 Å². The Morgan fingerprint density at radius 1 is 1.29 bits per heavy atom. The summed E-state index contributed by atoms with van der Waals surface area (Å²) in [7, 11) is 0. The predicted molar refractivity (Wildman–Crippen MR) is 82.9 cm³/mol. The van der Waals surface area contributed by atoms with Gasteiger partial charge in [-0.2, -0.15) is 5.26 Å². The van der Waals surface area contributed by atoms with Crippen molar-refractivity contribution in [1.29, 1.82) is 5.26 Å². The van der Waals surface area contributed by atoms with Crippen LogP contribution in [0.25, 0.3) is 0 Å². The summed E-state index contributed by atoms with van der Waals surface area (Å²) < 4.78 is 0. The van der Waals surface area contributed by atoms with Crippen molar-refractivity contribution in [2.75, 3.05) is 5.75 Å². The fraction of sp³-hybridized carbons (Fsp3) is 0.176. The Hall–Kier alpha value is -2.25. The number of nitrogens with one attached hydrogen (secondary N) is 1.